The van der Waals surface area contributed by atoms with E-state index in [2.05, 4.69) is 37.8 Å². The highest BCUT2D eigenvalue weighted by atomic mass is 16.5. The summed E-state index contributed by atoms with van der Waals surface area (Å²) in [6.45, 7) is 4.38. The van der Waals surface area contributed by atoms with Gasteiger partial charge >= 0.3 is 11.9 Å². The molecule has 0 saturated heterocycles. The highest BCUT2D eigenvalue weighted by molar-refractivity contribution is 5.93. The number of carbonyl (C=O) groups is 2. The van der Waals surface area contributed by atoms with Gasteiger partial charge in [0.25, 0.3) is 0 Å². The Hall–Kier alpha value is -3.84. The summed E-state index contributed by atoms with van der Waals surface area (Å²) < 4.78 is 11.2. The van der Waals surface area contributed by atoms with Gasteiger partial charge in [-0.05, 0) is 159 Å². The van der Waals surface area contributed by atoms with E-state index in [1.165, 1.54) is 22.3 Å². The molecule has 6 unspecified atom stereocenters. The van der Waals surface area contributed by atoms with Crippen LogP contribution in [0, 0.1) is 59.2 Å². The lowest BCUT2D eigenvalue weighted by molar-refractivity contribution is -0.131. The fourth-order valence-electron chi connectivity index (χ4n) is 12.2. The van der Waals surface area contributed by atoms with Crippen molar-refractivity contribution in [3.8, 4) is 36.2 Å². The highest BCUT2D eigenvalue weighted by Gasteiger charge is 2.62. The van der Waals surface area contributed by atoms with Crippen LogP contribution in [0.3, 0.4) is 0 Å². The molecule has 4 fully saturated rings. The van der Waals surface area contributed by atoms with E-state index < -0.39 is 23.1 Å². The minimum absolute atomic E-state index is 0.237. The fourth-order valence-corrected chi connectivity index (χ4v) is 12.2. The number of aryl methyl sites for hydroxylation is 2. The Balaban J connectivity index is 0.877. The van der Waals surface area contributed by atoms with Gasteiger partial charge in [0.05, 0.1) is 0 Å². The number of terminal acetylenes is 2. The number of hydrogen-bond donors (Lipinski definition) is 2. The van der Waals surface area contributed by atoms with Crippen LogP contribution in [-0.4, -0.2) is 33.4 Å². The zero-order chi connectivity index (χ0) is 35.1. The monoisotopic (exact) mass is 672 g/mol. The number of ether oxygens (including phenoxy) is 2. The molecule has 4 saturated carbocycles. The summed E-state index contributed by atoms with van der Waals surface area (Å²) in [7, 11) is 0. The van der Waals surface area contributed by atoms with Crippen molar-refractivity contribution in [2.24, 2.45) is 34.5 Å². The maximum absolute atomic E-state index is 12.7. The molecule has 0 radical (unpaired) electrons. The number of esters is 2. The molecule has 2 aromatic rings. The first-order valence-electron chi connectivity index (χ1n) is 18.7. The van der Waals surface area contributed by atoms with Crippen LogP contribution in [-0.2, 0) is 22.4 Å². The number of rotatable bonds is 4. The number of aliphatic hydroxyl groups is 2. The Morgan fingerprint density at radius 3 is 1.50 bits per heavy atom. The number of hydrogen-bond acceptors (Lipinski definition) is 6. The number of benzene rings is 2. The van der Waals surface area contributed by atoms with E-state index >= 15 is 0 Å². The average Bonchev–Trinajstić information content (AvgIpc) is 3.55. The van der Waals surface area contributed by atoms with Crippen molar-refractivity contribution in [3.63, 3.8) is 0 Å². The van der Waals surface area contributed by atoms with Crippen LogP contribution in [0.15, 0.2) is 48.6 Å². The molecule has 2 N–H and O–H groups in total. The lowest BCUT2D eigenvalue weighted by Gasteiger charge is -2.52. The van der Waals surface area contributed by atoms with Gasteiger partial charge in [-0.25, -0.2) is 9.59 Å². The van der Waals surface area contributed by atoms with Gasteiger partial charge in [-0.15, -0.1) is 12.8 Å². The Morgan fingerprint density at radius 1 is 0.680 bits per heavy atom. The third-order valence-corrected chi connectivity index (χ3v) is 15.0. The Kier molecular flexibility index (Phi) is 7.90. The third-order valence-electron chi connectivity index (χ3n) is 15.0. The maximum atomic E-state index is 12.7. The summed E-state index contributed by atoms with van der Waals surface area (Å²) in [5.74, 6) is 7.78. The average molecular weight is 673 g/mol. The van der Waals surface area contributed by atoms with Gasteiger partial charge in [-0.3, -0.25) is 0 Å². The molecule has 0 spiro atoms. The topological polar surface area (TPSA) is 93.1 Å². The van der Waals surface area contributed by atoms with Gasteiger partial charge in [-0.1, -0.05) is 37.8 Å². The second-order valence-electron chi connectivity index (χ2n) is 16.7. The van der Waals surface area contributed by atoms with E-state index in [1.54, 1.807) is 0 Å². The van der Waals surface area contributed by atoms with Crippen LogP contribution in [0.4, 0.5) is 0 Å². The molecule has 0 amide bonds. The van der Waals surface area contributed by atoms with Gasteiger partial charge in [0.15, 0.2) is 0 Å². The van der Waals surface area contributed by atoms with E-state index in [1.807, 2.05) is 24.3 Å². The summed E-state index contributed by atoms with van der Waals surface area (Å²) in [5, 5.41) is 22.4. The Labute approximate surface area is 296 Å². The second kappa shape index (κ2) is 11.9. The minimum Gasteiger partial charge on any atom is -0.423 e. The second-order valence-corrected chi connectivity index (χ2v) is 16.7. The van der Waals surface area contributed by atoms with E-state index in [-0.39, 0.29) is 10.8 Å². The number of fused-ring (bicyclic) bond motifs is 10. The maximum Gasteiger partial charge on any atom is 0.336 e. The molecule has 6 aliphatic carbocycles. The smallest absolute Gasteiger partial charge is 0.336 e. The van der Waals surface area contributed by atoms with Crippen molar-refractivity contribution in [3.05, 3.63) is 70.8 Å². The molecular formula is C44H48O6. The Bertz CT molecular complexity index is 1730. The van der Waals surface area contributed by atoms with Crippen molar-refractivity contribution in [1.82, 2.24) is 0 Å². The van der Waals surface area contributed by atoms with Gasteiger partial charge in [0.1, 0.15) is 22.7 Å². The van der Waals surface area contributed by atoms with Crippen LogP contribution in [0.25, 0.3) is 0 Å². The molecular weight excluding hydrogens is 624 g/mol. The molecule has 6 heteroatoms. The molecule has 8 rings (SSSR count). The van der Waals surface area contributed by atoms with Crippen molar-refractivity contribution in [2.45, 2.75) is 114 Å². The van der Waals surface area contributed by atoms with Crippen LogP contribution >= 0.6 is 0 Å². The normalized spacial score (nSPS) is 39.4. The minimum atomic E-state index is -1.01. The van der Waals surface area contributed by atoms with E-state index in [0.717, 1.165) is 76.4 Å². The SMILES string of the molecule is C#C[C@]1(O)CCC2C3CCc4cc(OC(=O)C=CC(=O)Oc5ccc6c(c5)CCC5C6CC[C@@]6(C)C5CC[C@@]6(O)C#C)ccc4C3CC[C@@]21C. The molecule has 2 aromatic carbocycles. The van der Waals surface area contributed by atoms with Crippen molar-refractivity contribution in [2.75, 3.05) is 0 Å². The molecule has 6 aliphatic rings. The summed E-state index contributed by atoms with van der Waals surface area (Å²) in [5.41, 5.74) is 2.53. The predicted octanol–water partition coefficient (Wildman–Crippen LogP) is 7.19. The summed E-state index contributed by atoms with van der Waals surface area (Å²) in [6.07, 6.45) is 24.8. The first kappa shape index (κ1) is 33.3. The van der Waals surface area contributed by atoms with Crippen molar-refractivity contribution < 1.29 is 29.3 Å². The predicted molar refractivity (Wildman–Crippen MR) is 190 cm³/mol. The zero-order valence-electron chi connectivity index (χ0n) is 29.3. The highest BCUT2D eigenvalue weighted by Crippen LogP contribution is 2.65. The van der Waals surface area contributed by atoms with E-state index in [4.69, 9.17) is 22.3 Å². The summed E-state index contributed by atoms with van der Waals surface area (Å²) in [4.78, 5) is 25.4. The lowest BCUT2D eigenvalue weighted by atomic mass is 9.53. The summed E-state index contributed by atoms with van der Waals surface area (Å²) in [6, 6.07) is 11.8. The lowest BCUT2D eigenvalue weighted by Crippen LogP contribution is -2.50. The van der Waals surface area contributed by atoms with Gasteiger partial charge < -0.3 is 19.7 Å². The molecule has 0 bridgehead atoms. The fraction of sp³-hybridized carbons (Fsp3) is 0.545. The standard InChI is InChI=1S/C44H48O6/c1-5-43(47)23-19-37-35-11-7-27-25-29(9-13-31(27)33(35)17-21-41(37,43)3)49-39(45)15-16-40(46)50-30-10-14-32-28(26-30)8-12-36-34(32)18-22-42(4)38(36)20-24-44(42,48)6-2/h1-2,9-10,13-16,25-26,33-38,47-48H,7-8,11-12,17-24H2,3-4H3/t33?,34?,35?,36?,37?,38?,41-,42-,43-,44-/m0/s1. The first-order chi connectivity index (χ1) is 23.9. The van der Waals surface area contributed by atoms with Crippen molar-refractivity contribution >= 4 is 11.9 Å². The molecule has 6 nitrogen and oxygen atoms in total. The van der Waals surface area contributed by atoms with Crippen LogP contribution < -0.4 is 9.47 Å². The third kappa shape index (κ3) is 4.93. The van der Waals surface area contributed by atoms with E-state index in [0.29, 0.717) is 59.8 Å². The van der Waals surface area contributed by atoms with Gasteiger partial charge in [0, 0.05) is 23.0 Å². The zero-order valence-corrected chi connectivity index (χ0v) is 29.3. The molecule has 0 aliphatic heterocycles. The first-order valence-corrected chi connectivity index (χ1v) is 18.7. The van der Waals surface area contributed by atoms with Crippen LogP contribution in [0.5, 0.6) is 11.5 Å². The Morgan fingerprint density at radius 2 is 1.10 bits per heavy atom. The van der Waals surface area contributed by atoms with Crippen LogP contribution in [0.1, 0.15) is 112 Å². The number of carbonyl (C=O) groups excluding carboxylic acids is 2. The van der Waals surface area contributed by atoms with Crippen LogP contribution in [0.2, 0.25) is 0 Å². The molecule has 0 heterocycles. The van der Waals surface area contributed by atoms with Gasteiger partial charge in [-0.2, -0.15) is 0 Å². The van der Waals surface area contributed by atoms with Crippen molar-refractivity contribution in [1.29, 1.82) is 0 Å². The largest absolute Gasteiger partial charge is 0.423 e. The molecule has 50 heavy (non-hydrogen) atoms. The summed E-state index contributed by atoms with van der Waals surface area (Å²) >= 11 is 0. The van der Waals surface area contributed by atoms with E-state index in [9.17, 15) is 19.8 Å². The molecule has 0 aromatic heterocycles. The quantitative estimate of drug-likeness (QED) is 0.155. The van der Waals surface area contributed by atoms with Gasteiger partial charge in [0.2, 0.25) is 0 Å². The molecule has 260 valence electrons. The molecule has 10 atom stereocenters.